The number of aromatic nitrogens is 1. The fourth-order valence-electron chi connectivity index (χ4n) is 2.79. The van der Waals surface area contributed by atoms with Gasteiger partial charge in [0.25, 0.3) is 0 Å². The SMILES string of the molecule is CCNC(=NCc1sc(-c2ccccc2)nc1C)NCCC(=O)N(CC)CC. The standard InChI is InChI=1S/C21H31N5OS/c1-5-22-21(23-14-13-19(27)26(6-2)7-3)24-15-18-16(4)25-20(28-18)17-11-9-8-10-12-17/h8-12H,5-7,13-15H2,1-4H3,(H2,22,23,24). The predicted octanol–water partition coefficient (Wildman–Crippen LogP) is 3.43. The number of hydrogen-bond acceptors (Lipinski definition) is 4. The van der Waals surface area contributed by atoms with Gasteiger partial charge in [0.1, 0.15) is 5.01 Å². The summed E-state index contributed by atoms with van der Waals surface area (Å²) in [5.41, 5.74) is 2.14. The Hall–Kier alpha value is -2.41. The van der Waals surface area contributed by atoms with Crippen LogP contribution in [0.5, 0.6) is 0 Å². The summed E-state index contributed by atoms with van der Waals surface area (Å²) in [6.07, 6.45) is 0.462. The molecule has 1 amide bonds. The minimum absolute atomic E-state index is 0.166. The highest BCUT2D eigenvalue weighted by Crippen LogP contribution is 2.28. The maximum atomic E-state index is 12.1. The van der Waals surface area contributed by atoms with Gasteiger partial charge in [-0.2, -0.15) is 0 Å². The zero-order valence-corrected chi connectivity index (χ0v) is 18.1. The number of rotatable bonds is 9. The number of nitrogens with zero attached hydrogens (tertiary/aromatic N) is 3. The molecule has 0 aliphatic carbocycles. The molecule has 2 rings (SSSR count). The molecule has 152 valence electrons. The normalized spacial score (nSPS) is 11.4. The number of thiazole rings is 1. The average molecular weight is 402 g/mol. The van der Waals surface area contributed by atoms with Gasteiger partial charge in [0.2, 0.25) is 5.91 Å². The first kappa shape index (κ1) is 21.9. The van der Waals surface area contributed by atoms with Gasteiger partial charge in [-0.25, -0.2) is 9.98 Å². The van der Waals surface area contributed by atoms with Crippen LogP contribution in [0.15, 0.2) is 35.3 Å². The lowest BCUT2D eigenvalue weighted by molar-refractivity contribution is -0.130. The second-order valence-corrected chi connectivity index (χ2v) is 7.42. The Morgan fingerprint density at radius 2 is 1.86 bits per heavy atom. The number of aliphatic imine (C=N–C) groups is 1. The van der Waals surface area contributed by atoms with Crippen LogP contribution in [0.3, 0.4) is 0 Å². The molecule has 0 aliphatic heterocycles. The minimum atomic E-state index is 0.166. The van der Waals surface area contributed by atoms with E-state index in [0.717, 1.165) is 46.7 Å². The minimum Gasteiger partial charge on any atom is -0.357 e. The van der Waals surface area contributed by atoms with Gasteiger partial charge in [-0.3, -0.25) is 4.79 Å². The van der Waals surface area contributed by atoms with Crippen molar-refractivity contribution < 1.29 is 4.79 Å². The van der Waals surface area contributed by atoms with Gasteiger partial charge in [0.05, 0.1) is 12.2 Å². The summed E-state index contributed by atoms with van der Waals surface area (Å²) >= 11 is 1.68. The van der Waals surface area contributed by atoms with E-state index in [0.29, 0.717) is 19.5 Å². The molecule has 0 saturated heterocycles. The zero-order chi connectivity index (χ0) is 20.4. The molecule has 6 nitrogen and oxygen atoms in total. The summed E-state index contributed by atoms with van der Waals surface area (Å²) in [5, 5.41) is 7.52. The molecule has 0 aliphatic rings. The summed E-state index contributed by atoms with van der Waals surface area (Å²) in [4.78, 5) is 24.5. The topological polar surface area (TPSA) is 69.6 Å². The van der Waals surface area contributed by atoms with Crippen molar-refractivity contribution in [2.45, 2.75) is 40.7 Å². The number of amides is 1. The first-order valence-corrected chi connectivity index (χ1v) is 10.7. The maximum Gasteiger partial charge on any atom is 0.224 e. The second-order valence-electron chi connectivity index (χ2n) is 6.33. The number of benzene rings is 1. The number of carbonyl (C=O) groups is 1. The van der Waals surface area contributed by atoms with Crippen molar-refractivity contribution in [2.75, 3.05) is 26.2 Å². The molecule has 2 aromatic rings. The summed E-state index contributed by atoms with van der Waals surface area (Å²) in [7, 11) is 0. The van der Waals surface area contributed by atoms with E-state index in [-0.39, 0.29) is 5.91 Å². The molecule has 7 heteroatoms. The van der Waals surface area contributed by atoms with E-state index in [2.05, 4.69) is 32.7 Å². The average Bonchev–Trinajstić information content (AvgIpc) is 3.08. The van der Waals surface area contributed by atoms with Crippen molar-refractivity contribution in [3.05, 3.63) is 40.9 Å². The number of nitrogens with one attached hydrogen (secondary N) is 2. The predicted molar refractivity (Wildman–Crippen MR) is 118 cm³/mol. The third kappa shape index (κ3) is 6.34. The van der Waals surface area contributed by atoms with E-state index in [1.807, 2.05) is 50.8 Å². The lowest BCUT2D eigenvalue weighted by Gasteiger charge is -2.19. The van der Waals surface area contributed by atoms with Crippen LogP contribution in [0.25, 0.3) is 10.6 Å². The first-order valence-electron chi connectivity index (χ1n) is 9.90. The monoisotopic (exact) mass is 401 g/mol. The molecular formula is C21H31N5OS. The molecule has 1 aromatic heterocycles. The van der Waals surface area contributed by atoms with Crippen molar-refractivity contribution in [3.63, 3.8) is 0 Å². The van der Waals surface area contributed by atoms with Crippen LogP contribution in [0.1, 0.15) is 37.8 Å². The van der Waals surface area contributed by atoms with Crippen LogP contribution in [-0.4, -0.2) is 47.9 Å². The number of carbonyl (C=O) groups excluding carboxylic acids is 1. The van der Waals surface area contributed by atoms with Crippen LogP contribution in [0.4, 0.5) is 0 Å². The van der Waals surface area contributed by atoms with E-state index < -0.39 is 0 Å². The molecule has 0 atom stereocenters. The van der Waals surface area contributed by atoms with Crippen LogP contribution in [0, 0.1) is 6.92 Å². The maximum absolute atomic E-state index is 12.1. The molecule has 0 radical (unpaired) electrons. The van der Waals surface area contributed by atoms with Gasteiger partial charge in [0.15, 0.2) is 5.96 Å². The van der Waals surface area contributed by atoms with Gasteiger partial charge in [-0.05, 0) is 27.7 Å². The second kappa shape index (κ2) is 11.4. The number of guanidine groups is 1. The molecule has 1 aromatic carbocycles. The highest BCUT2D eigenvalue weighted by atomic mass is 32.1. The molecule has 0 spiro atoms. The van der Waals surface area contributed by atoms with E-state index >= 15 is 0 Å². The third-order valence-corrected chi connectivity index (χ3v) is 5.58. The van der Waals surface area contributed by atoms with Gasteiger partial charge < -0.3 is 15.5 Å². The van der Waals surface area contributed by atoms with Gasteiger partial charge in [-0.1, -0.05) is 30.3 Å². The Morgan fingerprint density at radius 3 is 2.50 bits per heavy atom. The fraction of sp³-hybridized carbons (Fsp3) is 0.476. The van der Waals surface area contributed by atoms with Crippen molar-refractivity contribution in [3.8, 4) is 10.6 Å². The molecule has 0 unspecified atom stereocenters. The first-order chi connectivity index (χ1) is 13.6. The smallest absolute Gasteiger partial charge is 0.224 e. The van der Waals surface area contributed by atoms with Crippen LogP contribution in [-0.2, 0) is 11.3 Å². The largest absolute Gasteiger partial charge is 0.357 e. The Labute approximate surface area is 172 Å². The van der Waals surface area contributed by atoms with Crippen LogP contribution in [0.2, 0.25) is 0 Å². The quantitative estimate of drug-likeness (QED) is 0.499. The fourth-order valence-corrected chi connectivity index (χ4v) is 3.79. The molecule has 0 saturated carbocycles. The Morgan fingerprint density at radius 1 is 1.14 bits per heavy atom. The Kier molecular flexibility index (Phi) is 8.94. The summed E-state index contributed by atoms with van der Waals surface area (Å²) in [6.45, 7) is 11.5. The van der Waals surface area contributed by atoms with Crippen LogP contribution >= 0.6 is 11.3 Å². The molecule has 0 bridgehead atoms. The molecular weight excluding hydrogens is 370 g/mol. The summed E-state index contributed by atoms with van der Waals surface area (Å²) in [6, 6.07) is 10.2. The van der Waals surface area contributed by atoms with Crippen molar-refractivity contribution in [2.24, 2.45) is 4.99 Å². The lowest BCUT2D eigenvalue weighted by Crippen LogP contribution is -2.40. The summed E-state index contributed by atoms with van der Waals surface area (Å²) < 4.78 is 0. The van der Waals surface area contributed by atoms with Crippen molar-refractivity contribution in [1.82, 2.24) is 20.5 Å². The van der Waals surface area contributed by atoms with Gasteiger partial charge in [0, 0.05) is 43.0 Å². The van der Waals surface area contributed by atoms with Gasteiger partial charge in [-0.15, -0.1) is 11.3 Å². The highest BCUT2D eigenvalue weighted by molar-refractivity contribution is 7.15. The molecule has 2 N–H and O–H groups in total. The molecule has 1 heterocycles. The highest BCUT2D eigenvalue weighted by Gasteiger charge is 2.11. The van der Waals surface area contributed by atoms with E-state index in [1.54, 1.807) is 11.3 Å². The number of aryl methyl sites for hydroxylation is 1. The lowest BCUT2D eigenvalue weighted by atomic mass is 10.2. The molecule has 28 heavy (non-hydrogen) atoms. The van der Waals surface area contributed by atoms with E-state index in [4.69, 9.17) is 0 Å². The third-order valence-electron chi connectivity index (χ3n) is 4.39. The van der Waals surface area contributed by atoms with Crippen LogP contribution < -0.4 is 10.6 Å². The zero-order valence-electron chi connectivity index (χ0n) is 17.3. The van der Waals surface area contributed by atoms with Gasteiger partial charge >= 0.3 is 0 Å². The summed E-state index contributed by atoms with van der Waals surface area (Å²) in [5.74, 6) is 0.892. The molecule has 0 fully saturated rings. The Bertz CT molecular complexity index is 768. The van der Waals surface area contributed by atoms with E-state index in [1.165, 1.54) is 0 Å². The Balaban J connectivity index is 1.97. The van der Waals surface area contributed by atoms with E-state index in [9.17, 15) is 4.79 Å². The number of hydrogen-bond donors (Lipinski definition) is 2. The van der Waals surface area contributed by atoms with Crippen molar-refractivity contribution in [1.29, 1.82) is 0 Å². The van der Waals surface area contributed by atoms with Crippen molar-refractivity contribution >= 4 is 23.2 Å².